The molecule has 4 N–H and O–H groups in total. The van der Waals surface area contributed by atoms with Gasteiger partial charge in [-0.05, 0) is 25.7 Å². The van der Waals surface area contributed by atoms with Gasteiger partial charge in [0.1, 0.15) is 5.60 Å². The Balaban J connectivity index is 7.69. The minimum Gasteiger partial charge on any atom is -0.396 e. The first-order valence-corrected chi connectivity index (χ1v) is 13.5. The Kier molecular flexibility index (Phi) is 11.8. The molecule has 0 fully saturated rings. The van der Waals surface area contributed by atoms with Crippen molar-refractivity contribution in [3.05, 3.63) is 0 Å². The van der Waals surface area contributed by atoms with Crippen LogP contribution in [0.1, 0.15) is 71.6 Å². The van der Waals surface area contributed by atoms with Crippen LogP contribution in [0.4, 0.5) is 26.3 Å². The zero-order chi connectivity index (χ0) is 27.2. The number of aliphatic hydroxyl groups excluding tert-OH is 1. The van der Waals surface area contributed by atoms with Crippen molar-refractivity contribution in [2.75, 3.05) is 6.61 Å². The van der Waals surface area contributed by atoms with Crippen molar-refractivity contribution in [1.82, 2.24) is 0 Å². The fourth-order valence-electron chi connectivity index (χ4n) is 4.43. The molecule has 0 heterocycles. The predicted molar refractivity (Wildman–Crippen MR) is 110 cm³/mol. The molecule has 0 aromatic rings. The summed E-state index contributed by atoms with van der Waals surface area (Å²) in [6.07, 6.45) is -17.8. The highest BCUT2D eigenvalue weighted by Crippen LogP contribution is 2.56. The van der Waals surface area contributed by atoms with Crippen molar-refractivity contribution in [3.63, 3.8) is 0 Å². The van der Waals surface area contributed by atoms with Gasteiger partial charge >= 0.3 is 12.4 Å². The topological polar surface area (TPSA) is 149 Å². The minimum atomic E-state index is -6.45. The van der Waals surface area contributed by atoms with Crippen LogP contribution in [0.15, 0.2) is 0 Å². The van der Waals surface area contributed by atoms with E-state index in [0.717, 1.165) is 0 Å². The highest BCUT2D eigenvalue weighted by atomic mass is 32.2. The van der Waals surface area contributed by atoms with E-state index in [0.29, 0.717) is 0 Å². The van der Waals surface area contributed by atoms with Gasteiger partial charge in [-0.2, -0.15) is 43.2 Å². The van der Waals surface area contributed by atoms with E-state index in [9.17, 15) is 57.4 Å². The molecule has 0 aromatic heterocycles. The van der Waals surface area contributed by atoms with Crippen molar-refractivity contribution in [2.45, 2.75) is 99.6 Å². The van der Waals surface area contributed by atoms with Crippen LogP contribution in [0.2, 0.25) is 0 Å². The Morgan fingerprint density at radius 1 is 0.794 bits per heavy atom. The van der Waals surface area contributed by atoms with Gasteiger partial charge in [0.2, 0.25) is 4.75 Å². The highest BCUT2D eigenvalue weighted by molar-refractivity contribution is 7.87. The van der Waals surface area contributed by atoms with E-state index in [4.69, 9.17) is 5.11 Å². The molecule has 0 aliphatic carbocycles. The first-order valence-electron chi connectivity index (χ1n) is 10.6. The molecular weight excluding hydrogens is 522 g/mol. The van der Waals surface area contributed by atoms with Gasteiger partial charge in [0.05, 0.1) is 0 Å². The van der Waals surface area contributed by atoms with Gasteiger partial charge in [0, 0.05) is 12.5 Å². The average molecular weight is 555 g/mol. The maximum atomic E-state index is 14.5. The molecule has 0 saturated carbocycles. The molecule has 34 heavy (non-hydrogen) atoms. The minimum absolute atomic E-state index is 0.00333. The summed E-state index contributed by atoms with van der Waals surface area (Å²) < 4.78 is 148. The highest BCUT2D eigenvalue weighted by Gasteiger charge is 2.77. The molecule has 4 unspecified atom stereocenters. The summed E-state index contributed by atoms with van der Waals surface area (Å²) in [5.41, 5.74) is -4.10. The van der Waals surface area contributed by atoms with Gasteiger partial charge in [-0.15, -0.1) is 0 Å². The predicted octanol–water partition coefficient (Wildman–Crippen LogP) is 3.88. The average Bonchev–Trinajstić information content (AvgIpc) is 2.62. The van der Waals surface area contributed by atoms with Crippen molar-refractivity contribution in [2.24, 2.45) is 5.92 Å². The van der Waals surface area contributed by atoms with Gasteiger partial charge in [-0.1, -0.05) is 46.0 Å². The standard InChI is InChI=1S/C18H32F6O8S2/c1-3-5-7-11-16(18(22,23)24,34(30,31)32)15(26,10-8-12-25)13(9-6-4-2)14(17(19,20)21)33(27,28)29/h13-14,25-26H,3-12H2,1-2H3,(H,27,28,29)(H,30,31,32). The van der Waals surface area contributed by atoms with Crippen molar-refractivity contribution in [1.29, 1.82) is 0 Å². The number of rotatable bonds is 15. The van der Waals surface area contributed by atoms with Crippen LogP contribution in [0.25, 0.3) is 0 Å². The summed E-state index contributed by atoms with van der Waals surface area (Å²) in [5, 5.41) is 16.5. The summed E-state index contributed by atoms with van der Waals surface area (Å²) in [7, 11) is -12.7. The third kappa shape index (κ3) is 7.18. The SMILES string of the molecule is CCCCCC(C(F)(F)F)(C(O)(CCCO)C(CCCC)C(C(F)(F)F)S(=O)(=O)O)S(=O)(=O)O. The number of aliphatic hydroxyl groups is 2. The van der Waals surface area contributed by atoms with Crippen LogP contribution in [-0.4, -0.2) is 70.7 Å². The largest absolute Gasteiger partial charge is 0.413 e. The molecule has 4 atom stereocenters. The first-order chi connectivity index (χ1) is 15.2. The number of alkyl halides is 6. The van der Waals surface area contributed by atoms with Gasteiger partial charge in [0.25, 0.3) is 20.2 Å². The summed E-state index contributed by atoms with van der Waals surface area (Å²) in [5.74, 6) is -3.06. The van der Waals surface area contributed by atoms with Crippen LogP contribution in [0.3, 0.4) is 0 Å². The van der Waals surface area contributed by atoms with E-state index < -0.39 is 92.8 Å². The third-order valence-corrected chi connectivity index (χ3v) is 8.84. The Morgan fingerprint density at radius 2 is 1.29 bits per heavy atom. The lowest BCUT2D eigenvalue weighted by Crippen LogP contribution is -2.72. The van der Waals surface area contributed by atoms with Crippen LogP contribution in [0, 0.1) is 5.92 Å². The fourth-order valence-corrected chi connectivity index (χ4v) is 6.94. The second-order valence-corrected chi connectivity index (χ2v) is 11.4. The lowest BCUT2D eigenvalue weighted by Gasteiger charge is -2.51. The Morgan fingerprint density at radius 3 is 1.62 bits per heavy atom. The third-order valence-electron chi connectivity index (χ3n) is 5.94. The normalized spacial score (nSPS) is 19.3. The molecule has 0 bridgehead atoms. The molecule has 0 aliphatic rings. The molecule has 0 aliphatic heterocycles. The quantitative estimate of drug-likeness (QED) is 0.135. The molecule has 0 amide bonds. The van der Waals surface area contributed by atoms with E-state index in [1.165, 1.54) is 13.8 Å². The van der Waals surface area contributed by atoms with Crippen LogP contribution in [0.5, 0.6) is 0 Å². The molecule has 206 valence electrons. The smallest absolute Gasteiger partial charge is 0.396 e. The molecule has 0 rings (SSSR count). The summed E-state index contributed by atoms with van der Waals surface area (Å²) in [6.45, 7) is 1.91. The van der Waals surface area contributed by atoms with E-state index in [-0.39, 0.29) is 25.7 Å². The second-order valence-electron chi connectivity index (χ2n) is 8.23. The fraction of sp³-hybridized carbons (Fsp3) is 1.00. The van der Waals surface area contributed by atoms with Crippen molar-refractivity contribution >= 4 is 20.2 Å². The van der Waals surface area contributed by atoms with Crippen LogP contribution < -0.4 is 0 Å². The van der Waals surface area contributed by atoms with Crippen molar-refractivity contribution in [3.8, 4) is 0 Å². The number of hydrogen-bond donors (Lipinski definition) is 4. The molecular formula is C18H32F6O8S2. The molecule has 0 spiro atoms. The molecule has 0 aromatic carbocycles. The van der Waals surface area contributed by atoms with E-state index in [1.54, 1.807) is 0 Å². The van der Waals surface area contributed by atoms with E-state index in [1.807, 2.05) is 0 Å². The number of halogens is 6. The molecule has 8 nitrogen and oxygen atoms in total. The van der Waals surface area contributed by atoms with Gasteiger partial charge in [0.15, 0.2) is 5.25 Å². The van der Waals surface area contributed by atoms with Crippen LogP contribution >= 0.6 is 0 Å². The lowest BCUT2D eigenvalue weighted by atomic mass is 9.67. The van der Waals surface area contributed by atoms with Gasteiger partial charge < -0.3 is 10.2 Å². The Bertz CT molecular complexity index is 843. The number of unbranched alkanes of at least 4 members (excludes halogenated alkanes) is 3. The maximum absolute atomic E-state index is 14.5. The molecule has 0 saturated heterocycles. The monoisotopic (exact) mass is 554 g/mol. The summed E-state index contributed by atoms with van der Waals surface area (Å²) >= 11 is 0. The van der Waals surface area contributed by atoms with Crippen LogP contribution in [-0.2, 0) is 20.2 Å². The zero-order valence-corrected chi connectivity index (χ0v) is 20.4. The maximum Gasteiger partial charge on any atom is 0.413 e. The van der Waals surface area contributed by atoms with Crippen molar-refractivity contribution < 1.29 is 62.5 Å². The second kappa shape index (κ2) is 12.0. The Labute approximate surface area is 195 Å². The first kappa shape index (κ1) is 33.3. The van der Waals surface area contributed by atoms with E-state index >= 15 is 0 Å². The summed E-state index contributed by atoms with van der Waals surface area (Å²) in [4.78, 5) is 0. The van der Waals surface area contributed by atoms with Gasteiger partial charge in [-0.25, -0.2) is 0 Å². The summed E-state index contributed by atoms with van der Waals surface area (Å²) in [6, 6.07) is 0. The number of hydrogen-bond acceptors (Lipinski definition) is 6. The molecule has 0 radical (unpaired) electrons. The lowest BCUT2D eigenvalue weighted by molar-refractivity contribution is -0.241. The zero-order valence-electron chi connectivity index (χ0n) is 18.7. The Hall–Kier alpha value is -0.680. The molecule has 16 heteroatoms. The van der Waals surface area contributed by atoms with Gasteiger partial charge in [-0.3, -0.25) is 9.11 Å². The van der Waals surface area contributed by atoms with E-state index in [2.05, 4.69) is 0 Å².